The topological polar surface area (TPSA) is 12.0 Å². The van der Waals surface area contributed by atoms with Crippen molar-refractivity contribution in [3.05, 3.63) is 40.5 Å². The molecule has 0 saturated carbocycles. The molecule has 0 heterocycles. The second kappa shape index (κ2) is 6.61. The molecule has 0 unspecified atom stereocenters. The molecule has 0 aliphatic heterocycles. The highest BCUT2D eigenvalue weighted by atomic mass is 14.9. The third-order valence-electron chi connectivity index (χ3n) is 2.98. The van der Waals surface area contributed by atoms with Crippen molar-refractivity contribution in [3.63, 3.8) is 0 Å². The molecule has 0 aliphatic rings. The summed E-state index contributed by atoms with van der Waals surface area (Å²) in [5.74, 6) is 0. The number of benzene rings is 1. The predicted molar refractivity (Wildman–Crippen MR) is 77.3 cm³/mol. The first-order valence-corrected chi connectivity index (χ1v) is 6.53. The van der Waals surface area contributed by atoms with Gasteiger partial charge in [0.05, 0.1) is 0 Å². The van der Waals surface area contributed by atoms with Crippen molar-refractivity contribution in [1.29, 1.82) is 0 Å². The lowest BCUT2D eigenvalue weighted by Crippen LogP contribution is -2.24. The summed E-state index contributed by atoms with van der Waals surface area (Å²) in [5, 5.41) is 3.48. The Morgan fingerprint density at radius 2 is 2.00 bits per heavy atom. The molecule has 1 nitrogen and oxygen atoms in total. The van der Waals surface area contributed by atoms with Gasteiger partial charge in [-0.05, 0) is 31.4 Å². The lowest BCUT2D eigenvalue weighted by Gasteiger charge is -2.11. The van der Waals surface area contributed by atoms with Crippen molar-refractivity contribution in [1.82, 2.24) is 5.32 Å². The standard InChI is InChI=1S/C16H25N/c1-6-15(11-17-12(2)3)10-16-8-7-13(4)9-14(16)5/h7-10,12,17H,6,11H2,1-5H3. The predicted octanol–water partition coefficient (Wildman–Crippen LogP) is 4.09. The van der Waals surface area contributed by atoms with Crippen LogP contribution in [0.4, 0.5) is 0 Å². The molecule has 0 fully saturated rings. The molecule has 0 bridgehead atoms. The molecule has 17 heavy (non-hydrogen) atoms. The van der Waals surface area contributed by atoms with Gasteiger partial charge in [0.1, 0.15) is 0 Å². The molecule has 0 saturated heterocycles. The molecule has 0 aromatic heterocycles. The summed E-state index contributed by atoms with van der Waals surface area (Å²) in [4.78, 5) is 0. The SMILES string of the molecule is CCC(=Cc1ccc(C)cc1C)CNC(C)C. The first-order valence-electron chi connectivity index (χ1n) is 6.53. The highest BCUT2D eigenvalue weighted by Gasteiger charge is 2.00. The normalized spacial score (nSPS) is 12.2. The van der Waals surface area contributed by atoms with Crippen LogP contribution in [0.2, 0.25) is 0 Å². The Bertz CT molecular complexity index is 389. The molecule has 0 aliphatic carbocycles. The second-order valence-electron chi connectivity index (χ2n) is 5.05. The van der Waals surface area contributed by atoms with Crippen LogP contribution in [0.15, 0.2) is 23.8 Å². The Hall–Kier alpha value is -1.08. The van der Waals surface area contributed by atoms with Crippen molar-refractivity contribution in [3.8, 4) is 0 Å². The maximum atomic E-state index is 3.48. The van der Waals surface area contributed by atoms with Crippen LogP contribution < -0.4 is 5.32 Å². The van der Waals surface area contributed by atoms with E-state index in [0.29, 0.717) is 6.04 Å². The third kappa shape index (κ3) is 4.74. The number of nitrogens with one attached hydrogen (secondary N) is 1. The van der Waals surface area contributed by atoms with E-state index in [1.54, 1.807) is 0 Å². The average Bonchev–Trinajstić information content (AvgIpc) is 2.26. The van der Waals surface area contributed by atoms with Crippen LogP contribution in [0.5, 0.6) is 0 Å². The highest BCUT2D eigenvalue weighted by molar-refractivity contribution is 5.57. The summed E-state index contributed by atoms with van der Waals surface area (Å²) in [6.45, 7) is 11.9. The number of hydrogen-bond acceptors (Lipinski definition) is 1. The summed E-state index contributed by atoms with van der Waals surface area (Å²) >= 11 is 0. The van der Waals surface area contributed by atoms with Crippen molar-refractivity contribution in [2.45, 2.75) is 47.1 Å². The van der Waals surface area contributed by atoms with Gasteiger partial charge in [0.25, 0.3) is 0 Å². The second-order valence-corrected chi connectivity index (χ2v) is 5.05. The van der Waals surface area contributed by atoms with E-state index >= 15 is 0 Å². The van der Waals surface area contributed by atoms with Gasteiger partial charge in [-0.15, -0.1) is 0 Å². The van der Waals surface area contributed by atoms with E-state index in [1.807, 2.05) is 0 Å². The summed E-state index contributed by atoms with van der Waals surface area (Å²) in [7, 11) is 0. The first-order chi connectivity index (χ1) is 8.02. The van der Waals surface area contributed by atoms with Crippen molar-refractivity contribution >= 4 is 6.08 Å². The Kier molecular flexibility index (Phi) is 5.43. The van der Waals surface area contributed by atoms with Gasteiger partial charge in [-0.1, -0.05) is 56.2 Å². The molecular weight excluding hydrogens is 206 g/mol. The number of aryl methyl sites for hydroxylation is 2. The first kappa shape index (κ1) is 14.0. The fourth-order valence-electron chi connectivity index (χ4n) is 1.82. The maximum absolute atomic E-state index is 3.48. The molecule has 1 heteroatoms. The summed E-state index contributed by atoms with van der Waals surface area (Å²) < 4.78 is 0. The molecule has 1 N–H and O–H groups in total. The molecule has 1 aromatic rings. The van der Waals surface area contributed by atoms with Gasteiger partial charge in [-0.3, -0.25) is 0 Å². The summed E-state index contributed by atoms with van der Waals surface area (Å²) in [6.07, 6.45) is 3.43. The van der Waals surface area contributed by atoms with E-state index in [1.165, 1.54) is 22.3 Å². The van der Waals surface area contributed by atoms with Crippen LogP contribution >= 0.6 is 0 Å². The van der Waals surface area contributed by atoms with Crippen LogP contribution in [0, 0.1) is 13.8 Å². The van der Waals surface area contributed by atoms with E-state index in [9.17, 15) is 0 Å². The van der Waals surface area contributed by atoms with Gasteiger partial charge in [-0.25, -0.2) is 0 Å². The van der Waals surface area contributed by atoms with E-state index in [-0.39, 0.29) is 0 Å². The summed E-state index contributed by atoms with van der Waals surface area (Å²) in [6, 6.07) is 7.19. The van der Waals surface area contributed by atoms with Gasteiger partial charge in [0.15, 0.2) is 0 Å². The molecule has 0 atom stereocenters. The van der Waals surface area contributed by atoms with Gasteiger partial charge < -0.3 is 5.32 Å². The third-order valence-corrected chi connectivity index (χ3v) is 2.98. The van der Waals surface area contributed by atoms with Crippen LogP contribution in [0.3, 0.4) is 0 Å². The lowest BCUT2D eigenvalue weighted by atomic mass is 10.0. The van der Waals surface area contributed by atoms with Crippen molar-refractivity contribution < 1.29 is 0 Å². The molecule has 94 valence electrons. The van der Waals surface area contributed by atoms with Crippen molar-refractivity contribution in [2.75, 3.05) is 6.54 Å². The smallest absolute Gasteiger partial charge is 0.0170 e. The zero-order valence-corrected chi connectivity index (χ0v) is 11.8. The number of hydrogen-bond donors (Lipinski definition) is 1. The molecule has 1 aromatic carbocycles. The fraction of sp³-hybridized carbons (Fsp3) is 0.500. The fourth-order valence-corrected chi connectivity index (χ4v) is 1.82. The Balaban J connectivity index is 2.82. The maximum Gasteiger partial charge on any atom is 0.0170 e. The van der Waals surface area contributed by atoms with E-state index in [2.05, 4.69) is 64.2 Å². The van der Waals surface area contributed by atoms with Gasteiger partial charge >= 0.3 is 0 Å². The lowest BCUT2D eigenvalue weighted by molar-refractivity contribution is 0.617. The zero-order chi connectivity index (χ0) is 12.8. The van der Waals surface area contributed by atoms with Gasteiger partial charge in [0, 0.05) is 12.6 Å². The van der Waals surface area contributed by atoms with Crippen LogP contribution in [0.25, 0.3) is 6.08 Å². The minimum atomic E-state index is 0.545. The Morgan fingerprint density at radius 3 is 2.53 bits per heavy atom. The Morgan fingerprint density at radius 1 is 1.29 bits per heavy atom. The van der Waals surface area contributed by atoms with Crippen LogP contribution in [-0.4, -0.2) is 12.6 Å². The number of rotatable bonds is 5. The average molecular weight is 231 g/mol. The highest BCUT2D eigenvalue weighted by Crippen LogP contribution is 2.15. The monoisotopic (exact) mass is 231 g/mol. The van der Waals surface area contributed by atoms with E-state index < -0.39 is 0 Å². The van der Waals surface area contributed by atoms with Crippen LogP contribution in [0.1, 0.15) is 43.9 Å². The largest absolute Gasteiger partial charge is 0.311 e. The summed E-state index contributed by atoms with van der Waals surface area (Å²) in [5.41, 5.74) is 5.50. The van der Waals surface area contributed by atoms with E-state index in [4.69, 9.17) is 0 Å². The molecular formula is C16H25N. The quantitative estimate of drug-likeness (QED) is 0.804. The minimum Gasteiger partial charge on any atom is -0.311 e. The molecule has 0 radical (unpaired) electrons. The molecule has 0 amide bonds. The van der Waals surface area contributed by atoms with Gasteiger partial charge in [-0.2, -0.15) is 0 Å². The van der Waals surface area contributed by atoms with Crippen LogP contribution in [-0.2, 0) is 0 Å². The molecule has 1 rings (SSSR count). The Labute approximate surface area is 106 Å². The molecule has 0 spiro atoms. The van der Waals surface area contributed by atoms with E-state index in [0.717, 1.165) is 13.0 Å². The minimum absolute atomic E-state index is 0.545. The van der Waals surface area contributed by atoms with Crippen molar-refractivity contribution in [2.24, 2.45) is 0 Å². The zero-order valence-electron chi connectivity index (χ0n) is 11.8. The van der Waals surface area contributed by atoms with Gasteiger partial charge in [0.2, 0.25) is 0 Å².